The van der Waals surface area contributed by atoms with Gasteiger partial charge in [-0.05, 0) is 78.9 Å². The van der Waals surface area contributed by atoms with Gasteiger partial charge in [0.1, 0.15) is 5.52 Å². The SMILES string of the molecule is c1ccc(S(c2ccccc2)(c2ccccc2)c2ccc(-n3c4cccnc4c4c5ccncc5oc43)cc2)cc1. The molecule has 0 aliphatic heterocycles. The van der Waals surface area contributed by atoms with E-state index in [0.29, 0.717) is 0 Å². The van der Waals surface area contributed by atoms with Gasteiger partial charge < -0.3 is 4.42 Å². The molecule has 4 heterocycles. The Morgan fingerprint density at radius 3 is 1.76 bits per heavy atom. The molecule has 8 aromatic rings. The third-order valence-electron chi connectivity index (χ3n) is 7.68. The molecule has 0 bridgehead atoms. The fourth-order valence-corrected chi connectivity index (χ4v) is 9.82. The predicted molar refractivity (Wildman–Crippen MR) is 166 cm³/mol. The molecule has 0 saturated heterocycles. The van der Waals surface area contributed by atoms with Crippen LogP contribution >= 0.6 is 10.0 Å². The minimum absolute atomic E-state index is 0.760. The van der Waals surface area contributed by atoms with Crippen molar-refractivity contribution in [2.24, 2.45) is 0 Å². The van der Waals surface area contributed by atoms with Gasteiger partial charge >= 0.3 is 0 Å². The highest BCUT2D eigenvalue weighted by atomic mass is 32.3. The Labute approximate surface area is 238 Å². The normalized spacial score (nSPS) is 12.3. The van der Waals surface area contributed by atoms with Crippen molar-refractivity contribution >= 4 is 43.1 Å². The van der Waals surface area contributed by atoms with E-state index in [9.17, 15) is 0 Å². The van der Waals surface area contributed by atoms with Gasteiger partial charge in [-0.2, -0.15) is 0 Å². The lowest BCUT2D eigenvalue weighted by atomic mass is 10.2. The zero-order chi connectivity index (χ0) is 27.2. The smallest absolute Gasteiger partial charge is 0.215 e. The van der Waals surface area contributed by atoms with E-state index >= 15 is 0 Å². The minimum atomic E-state index is -1.76. The summed E-state index contributed by atoms with van der Waals surface area (Å²) >= 11 is 0. The van der Waals surface area contributed by atoms with Crippen LogP contribution in [0.4, 0.5) is 0 Å². The van der Waals surface area contributed by atoms with Crippen molar-refractivity contribution in [3.8, 4) is 5.69 Å². The first-order valence-corrected chi connectivity index (χ1v) is 15.2. The first-order chi connectivity index (χ1) is 20.4. The zero-order valence-corrected chi connectivity index (χ0v) is 22.9. The second-order valence-corrected chi connectivity index (χ2v) is 13.0. The third-order valence-corrected chi connectivity index (χ3v) is 11.6. The lowest BCUT2D eigenvalue weighted by molar-refractivity contribution is 0.643. The van der Waals surface area contributed by atoms with E-state index in [1.807, 2.05) is 18.3 Å². The van der Waals surface area contributed by atoms with Gasteiger partial charge in [0.15, 0.2) is 5.58 Å². The lowest BCUT2D eigenvalue weighted by Gasteiger charge is -2.42. The summed E-state index contributed by atoms with van der Waals surface area (Å²) in [6.45, 7) is 0. The lowest BCUT2D eigenvalue weighted by Crippen LogP contribution is -2.05. The maximum Gasteiger partial charge on any atom is 0.215 e. The molecule has 8 rings (SSSR count). The van der Waals surface area contributed by atoms with Crippen molar-refractivity contribution in [2.45, 2.75) is 19.6 Å². The highest BCUT2D eigenvalue weighted by Crippen LogP contribution is 2.73. The molecule has 0 radical (unpaired) electrons. The molecule has 0 fully saturated rings. The van der Waals surface area contributed by atoms with Crippen molar-refractivity contribution < 1.29 is 4.42 Å². The molecule has 0 saturated carbocycles. The van der Waals surface area contributed by atoms with Crippen LogP contribution < -0.4 is 0 Å². The molecule has 0 unspecified atom stereocenters. The largest absolute Gasteiger partial charge is 0.437 e. The van der Waals surface area contributed by atoms with Crippen LogP contribution in [-0.2, 0) is 0 Å². The number of pyridine rings is 2. The molecule has 0 atom stereocenters. The molecular formula is C36H25N3OS. The average Bonchev–Trinajstić information content (AvgIpc) is 3.58. The van der Waals surface area contributed by atoms with Gasteiger partial charge in [-0.25, -0.2) is 0 Å². The summed E-state index contributed by atoms with van der Waals surface area (Å²) in [6, 6.07) is 47.8. The van der Waals surface area contributed by atoms with Gasteiger partial charge in [0.2, 0.25) is 5.71 Å². The zero-order valence-electron chi connectivity index (χ0n) is 22.1. The quantitative estimate of drug-likeness (QED) is 0.215. The summed E-state index contributed by atoms with van der Waals surface area (Å²) in [6.07, 6.45) is 5.42. The van der Waals surface area contributed by atoms with Crippen LogP contribution in [0, 0.1) is 0 Å². The highest BCUT2D eigenvalue weighted by molar-refractivity contribution is 8.34. The van der Waals surface area contributed by atoms with Crippen LogP contribution in [0.3, 0.4) is 0 Å². The van der Waals surface area contributed by atoms with Gasteiger partial charge in [0, 0.05) is 43.0 Å². The Kier molecular flexibility index (Phi) is 5.50. The highest BCUT2D eigenvalue weighted by Gasteiger charge is 2.33. The Balaban J connectivity index is 1.39. The second kappa shape index (κ2) is 9.51. The number of hydrogen-bond acceptors (Lipinski definition) is 3. The molecule has 0 amide bonds. The van der Waals surface area contributed by atoms with Crippen LogP contribution in [0.25, 0.3) is 38.8 Å². The summed E-state index contributed by atoms with van der Waals surface area (Å²) < 4.78 is 8.57. The molecule has 4 nitrogen and oxygen atoms in total. The molecule has 196 valence electrons. The number of rotatable bonds is 5. The van der Waals surface area contributed by atoms with Gasteiger partial charge in [0.05, 0.1) is 17.1 Å². The summed E-state index contributed by atoms with van der Waals surface area (Å²) in [4.78, 5) is 14.2. The van der Waals surface area contributed by atoms with Crippen molar-refractivity contribution in [2.75, 3.05) is 0 Å². The molecular weight excluding hydrogens is 522 g/mol. The van der Waals surface area contributed by atoms with E-state index in [4.69, 9.17) is 9.40 Å². The summed E-state index contributed by atoms with van der Waals surface area (Å²) in [5.74, 6) is 0. The van der Waals surface area contributed by atoms with Crippen molar-refractivity contribution in [1.29, 1.82) is 0 Å². The first kappa shape index (κ1) is 23.7. The van der Waals surface area contributed by atoms with Crippen LogP contribution in [-0.4, -0.2) is 14.5 Å². The van der Waals surface area contributed by atoms with Crippen LogP contribution in [0.2, 0.25) is 0 Å². The first-order valence-electron chi connectivity index (χ1n) is 13.6. The molecule has 0 N–H and O–H groups in total. The number of benzene rings is 4. The molecule has 0 aliphatic rings. The van der Waals surface area contributed by atoms with Gasteiger partial charge in [-0.1, -0.05) is 54.6 Å². The number of furan rings is 1. The van der Waals surface area contributed by atoms with Crippen LogP contribution in [0.1, 0.15) is 0 Å². The molecule has 0 aliphatic carbocycles. The summed E-state index contributed by atoms with van der Waals surface area (Å²) in [5, 5.41) is 2.04. The van der Waals surface area contributed by atoms with E-state index in [2.05, 4.69) is 131 Å². The Morgan fingerprint density at radius 1 is 0.561 bits per heavy atom. The number of nitrogens with zero attached hydrogens (tertiary/aromatic N) is 3. The van der Waals surface area contributed by atoms with Gasteiger partial charge in [-0.3, -0.25) is 14.5 Å². The van der Waals surface area contributed by atoms with Crippen LogP contribution in [0.5, 0.6) is 0 Å². The standard InChI is InChI=1S/C36H25N3OS/c1-4-11-27(12-5-1)41(28-13-6-2-7-14-28,29-15-8-3-9-16-29)30-20-18-26(19-21-30)39-32-17-10-23-38-35(32)34-31-22-24-37-25-33(31)40-36(34)39/h1-25H. The molecule has 4 aromatic heterocycles. The second-order valence-electron chi connectivity index (χ2n) is 9.91. The van der Waals surface area contributed by atoms with E-state index < -0.39 is 10.0 Å². The topological polar surface area (TPSA) is 43.9 Å². The Morgan fingerprint density at radius 2 is 1.15 bits per heavy atom. The number of aromatic nitrogens is 3. The van der Waals surface area contributed by atoms with Crippen LogP contribution in [0.15, 0.2) is 176 Å². The molecule has 4 aromatic carbocycles. The van der Waals surface area contributed by atoms with Gasteiger partial charge in [0.25, 0.3) is 0 Å². The fourth-order valence-electron chi connectivity index (χ4n) is 5.95. The summed E-state index contributed by atoms with van der Waals surface area (Å²) in [7, 11) is -1.76. The average molecular weight is 548 g/mol. The Hall–Kier alpha value is -5.13. The number of hydrogen-bond donors (Lipinski definition) is 0. The van der Waals surface area contributed by atoms with Crippen molar-refractivity contribution in [3.63, 3.8) is 0 Å². The monoisotopic (exact) mass is 547 g/mol. The van der Waals surface area contributed by atoms with E-state index in [1.165, 1.54) is 19.6 Å². The molecule has 41 heavy (non-hydrogen) atoms. The van der Waals surface area contributed by atoms with E-state index in [1.54, 1.807) is 12.4 Å². The maximum absolute atomic E-state index is 6.39. The van der Waals surface area contributed by atoms with Crippen molar-refractivity contribution in [3.05, 3.63) is 152 Å². The van der Waals surface area contributed by atoms with E-state index in [0.717, 1.165) is 38.8 Å². The van der Waals surface area contributed by atoms with Gasteiger partial charge in [-0.15, -0.1) is 10.0 Å². The summed E-state index contributed by atoms with van der Waals surface area (Å²) in [5.41, 5.74) is 4.50. The third kappa shape index (κ3) is 3.56. The minimum Gasteiger partial charge on any atom is -0.437 e. The molecule has 0 spiro atoms. The van der Waals surface area contributed by atoms with Crippen molar-refractivity contribution in [1.82, 2.24) is 14.5 Å². The molecule has 5 heteroatoms. The number of fused-ring (bicyclic) bond motifs is 5. The fraction of sp³-hybridized carbons (Fsp3) is 0. The predicted octanol–water partition coefficient (Wildman–Crippen LogP) is 9.66. The Bertz CT molecular complexity index is 2040. The maximum atomic E-state index is 6.39. The van der Waals surface area contributed by atoms with E-state index in [-0.39, 0.29) is 0 Å².